The van der Waals surface area contributed by atoms with Crippen LogP contribution in [-0.4, -0.2) is 36.6 Å². The molecule has 0 saturated heterocycles. The van der Waals surface area contributed by atoms with Crippen molar-refractivity contribution < 1.29 is 19.7 Å². The number of hydrogen-bond acceptors (Lipinski definition) is 4. The van der Waals surface area contributed by atoms with Gasteiger partial charge in [0.15, 0.2) is 0 Å². The summed E-state index contributed by atoms with van der Waals surface area (Å²) in [4.78, 5) is 0. The van der Waals surface area contributed by atoms with Crippen molar-refractivity contribution in [1.82, 2.24) is 0 Å². The lowest BCUT2D eigenvalue weighted by atomic mass is 10.1. The average molecular weight is 344 g/mol. The van der Waals surface area contributed by atoms with Crippen LogP contribution >= 0.6 is 0 Å². The maximum atomic E-state index is 8.76. The van der Waals surface area contributed by atoms with Gasteiger partial charge in [0.2, 0.25) is 0 Å². The third kappa shape index (κ3) is 7.16. The van der Waals surface area contributed by atoms with Gasteiger partial charge in [-0.1, -0.05) is 30.7 Å². The molecule has 0 radical (unpaired) electrons. The predicted octanol–water partition coefficient (Wildman–Crippen LogP) is 4.05. The van der Waals surface area contributed by atoms with E-state index in [1.807, 2.05) is 36.4 Å². The van der Waals surface area contributed by atoms with Gasteiger partial charge in [-0.2, -0.15) is 0 Å². The van der Waals surface area contributed by atoms with E-state index in [1.54, 1.807) is 0 Å². The number of unbranched alkanes of at least 4 members (excludes halogenated alkanes) is 3. The van der Waals surface area contributed by atoms with Gasteiger partial charge in [-0.3, -0.25) is 0 Å². The van der Waals surface area contributed by atoms with Crippen LogP contribution in [0.5, 0.6) is 11.5 Å². The summed E-state index contributed by atoms with van der Waals surface area (Å²) in [6, 6.07) is 16.1. The van der Waals surface area contributed by atoms with Crippen molar-refractivity contribution in [2.24, 2.45) is 0 Å². The first-order valence-electron chi connectivity index (χ1n) is 9.01. The first-order chi connectivity index (χ1) is 12.3. The maximum absolute atomic E-state index is 8.76. The van der Waals surface area contributed by atoms with E-state index < -0.39 is 0 Å². The molecule has 0 fully saturated rings. The Labute approximate surface area is 150 Å². The SMILES string of the molecule is OCCCCCCOc1ccc(-c2ccc(OCCCO)cc2)cc1. The summed E-state index contributed by atoms with van der Waals surface area (Å²) in [5.74, 6) is 1.70. The Kier molecular flexibility index (Phi) is 8.87. The van der Waals surface area contributed by atoms with Crippen molar-refractivity contribution in [2.45, 2.75) is 32.1 Å². The molecule has 136 valence electrons. The Balaban J connectivity index is 1.79. The monoisotopic (exact) mass is 344 g/mol. The lowest BCUT2D eigenvalue weighted by Gasteiger charge is -2.09. The average Bonchev–Trinajstić information content (AvgIpc) is 2.66. The smallest absolute Gasteiger partial charge is 0.119 e. The van der Waals surface area contributed by atoms with Gasteiger partial charge in [-0.05, 0) is 54.7 Å². The van der Waals surface area contributed by atoms with Crippen molar-refractivity contribution in [3.63, 3.8) is 0 Å². The highest BCUT2D eigenvalue weighted by atomic mass is 16.5. The first-order valence-corrected chi connectivity index (χ1v) is 9.01. The van der Waals surface area contributed by atoms with Gasteiger partial charge >= 0.3 is 0 Å². The van der Waals surface area contributed by atoms with Crippen molar-refractivity contribution in [2.75, 3.05) is 26.4 Å². The van der Waals surface area contributed by atoms with E-state index in [1.165, 1.54) is 0 Å². The zero-order valence-corrected chi connectivity index (χ0v) is 14.7. The molecule has 2 aromatic carbocycles. The number of benzene rings is 2. The third-order valence-electron chi connectivity index (χ3n) is 3.93. The highest BCUT2D eigenvalue weighted by Gasteiger charge is 2.01. The summed E-state index contributed by atoms with van der Waals surface area (Å²) in [6.45, 7) is 1.67. The number of ether oxygens (including phenoxy) is 2. The number of hydrogen-bond donors (Lipinski definition) is 2. The second kappa shape index (κ2) is 11.5. The molecule has 0 aromatic heterocycles. The summed E-state index contributed by atoms with van der Waals surface area (Å²) < 4.78 is 11.3. The van der Waals surface area contributed by atoms with Gasteiger partial charge in [0.1, 0.15) is 11.5 Å². The third-order valence-corrected chi connectivity index (χ3v) is 3.93. The van der Waals surface area contributed by atoms with Crippen LogP contribution in [0.15, 0.2) is 48.5 Å². The lowest BCUT2D eigenvalue weighted by molar-refractivity contribution is 0.233. The number of rotatable bonds is 12. The molecule has 0 bridgehead atoms. The van der Waals surface area contributed by atoms with Gasteiger partial charge in [-0.15, -0.1) is 0 Å². The molecule has 2 N–H and O–H groups in total. The van der Waals surface area contributed by atoms with E-state index in [4.69, 9.17) is 19.7 Å². The Hall–Kier alpha value is -2.04. The molecule has 0 amide bonds. The fraction of sp³-hybridized carbons (Fsp3) is 0.429. The zero-order valence-electron chi connectivity index (χ0n) is 14.7. The van der Waals surface area contributed by atoms with Crippen LogP contribution in [0.1, 0.15) is 32.1 Å². The highest BCUT2D eigenvalue weighted by Crippen LogP contribution is 2.24. The molecule has 0 aliphatic heterocycles. The molecule has 0 aliphatic carbocycles. The molecule has 4 nitrogen and oxygen atoms in total. The topological polar surface area (TPSA) is 58.9 Å². The van der Waals surface area contributed by atoms with Gasteiger partial charge in [0.05, 0.1) is 13.2 Å². The minimum atomic E-state index is 0.148. The summed E-state index contributed by atoms with van der Waals surface area (Å²) >= 11 is 0. The number of aliphatic hydroxyl groups excluding tert-OH is 2. The Morgan fingerprint density at radius 3 is 1.44 bits per heavy atom. The van der Waals surface area contributed by atoms with E-state index in [0.29, 0.717) is 19.6 Å². The van der Waals surface area contributed by atoms with E-state index in [-0.39, 0.29) is 13.2 Å². The van der Waals surface area contributed by atoms with Crippen LogP contribution in [0.3, 0.4) is 0 Å². The van der Waals surface area contributed by atoms with E-state index in [2.05, 4.69) is 12.1 Å². The maximum Gasteiger partial charge on any atom is 0.119 e. The fourth-order valence-corrected chi connectivity index (χ4v) is 2.50. The normalized spacial score (nSPS) is 10.6. The summed E-state index contributed by atoms with van der Waals surface area (Å²) in [5, 5.41) is 17.5. The van der Waals surface area contributed by atoms with E-state index in [9.17, 15) is 0 Å². The highest BCUT2D eigenvalue weighted by molar-refractivity contribution is 5.64. The molecule has 0 heterocycles. The Bertz CT molecular complexity index is 578. The van der Waals surface area contributed by atoms with Crippen molar-refractivity contribution in [3.8, 4) is 22.6 Å². The lowest BCUT2D eigenvalue weighted by Crippen LogP contribution is -1.99. The summed E-state index contributed by atoms with van der Waals surface area (Å²) in [7, 11) is 0. The number of aliphatic hydroxyl groups is 2. The summed E-state index contributed by atoms with van der Waals surface area (Å²) in [6.07, 6.45) is 4.67. The predicted molar refractivity (Wildman–Crippen MR) is 100 cm³/mol. The quantitative estimate of drug-likeness (QED) is 0.570. The van der Waals surface area contributed by atoms with E-state index in [0.717, 1.165) is 48.3 Å². The molecular weight excluding hydrogens is 316 g/mol. The van der Waals surface area contributed by atoms with Crippen LogP contribution in [-0.2, 0) is 0 Å². The standard InChI is InChI=1S/C21H28O4/c22-14-3-1-2-4-16-24-20-10-6-18(7-11-20)19-8-12-21(13-9-19)25-17-5-15-23/h6-13,22-23H,1-5,14-17H2. The molecule has 2 rings (SSSR count). The molecular formula is C21H28O4. The minimum absolute atomic E-state index is 0.148. The molecule has 0 atom stereocenters. The zero-order chi connectivity index (χ0) is 17.7. The van der Waals surface area contributed by atoms with Crippen molar-refractivity contribution >= 4 is 0 Å². The van der Waals surface area contributed by atoms with Gasteiger partial charge in [0.25, 0.3) is 0 Å². The minimum Gasteiger partial charge on any atom is -0.494 e. The molecule has 0 spiro atoms. The first kappa shape index (κ1) is 19.3. The molecule has 2 aromatic rings. The van der Waals surface area contributed by atoms with Crippen molar-refractivity contribution in [1.29, 1.82) is 0 Å². The summed E-state index contributed by atoms with van der Waals surface area (Å²) in [5.41, 5.74) is 2.27. The molecule has 25 heavy (non-hydrogen) atoms. The van der Waals surface area contributed by atoms with Crippen LogP contribution in [0.2, 0.25) is 0 Å². The Morgan fingerprint density at radius 2 is 0.960 bits per heavy atom. The van der Waals surface area contributed by atoms with Gasteiger partial charge < -0.3 is 19.7 Å². The van der Waals surface area contributed by atoms with Crippen LogP contribution < -0.4 is 9.47 Å². The fourth-order valence-electron chi connectivity index (χ4n) is 2.50. The molecule has 0 unspecified atom stereocenters. The Morgan fingerprint density at radius 1 is 0.520 bits per heavy atom. The van der Waals surface area contributed by atoms with Crippen LogP contribution in [0.25, 0.3) is 11.1 Å². The second-order valence-electron chi connectivity index (χ2n) is 5.96. The van der Waals surface area contributed by atoms with Crippen molar-refractivity contribution in [3.05, 3.63) is 48.5 Å². The second-order valence-corrected chi connectivity index (χ2v) is 5.96. The molecule has 0 aliphatic rings. The van der Waals surface area contributed by atoms with E-state index >= 15 is 0 Å². The van der Waals surface area contributed by atoms with Gasteiger partial charge in [0, 0.05) is 19.6 Å². The molecule has 4 heteroatoms. The molecule has 0 saturated carbocycles. The van der Waals surface area contributed by atoms with Gasteiger partial charge in [-0.25, -0.2) is 0 Å². The van der Waals surface area contributed by atoms with Crippen LogP contribution in [0.4, 0.5) is 0 Å². The van der Waals surface area contributed by atoms with Crippen LogP contribution in [0, 0.1) is 0 Å². The largest absolute Gasteiger partial charge is 0.494 e.